The highest BCUT2D eigenvalue weighted by Gasteiger charge is 2.52. The van der Waals surface area contributed by atoms with E-state index in [4.69, 9.17) is 0 Å². The number of imidazole rings is 1. The molecular formula is C15H20N2O. The largest absolute Gasteiger partial charge is 0.339 e. The summed E-state index contributed by atoms with van der Waals surface area (Å²) in [6.07, 6.45) is 9.95. The lowest BCUT2D eigenvalue weighted by Gasteiger charge is -2.55. The first kappa shape index (κ1) is 10.8. The molecule has 3 heteroatoms. The van der Waals surface area contributed by atoms with Crippen molar-refractivity contribution in [2.75, 3.05) is 0 Å². The van der Waals surface area contributed by atoms with Crippen LogP contribution in [0.4, 0.5) is 0 Å². The Bertz CT molecular complexity index is 467. The lowest BCUT2D eigenvalue weighted by Crippen LogP contribution is -2.49. The van der Waals surface area contributed by atoms with Gasteiger partial charge in [0.05, 0.1) is 6.20 Å². The van der Waals surface area contributed by atoms with Crippen LogP contribution in [0.15, 0.2) is 6.20 Å². The molecule has 0 saturated heterocycles. The molecule has 4 fully saturated rings. The molecule has 0 spiro atoms. The van der Waals surface area contributed by atoms with E-state index in [-0.39, 0.29) is 11.2 Å². The van der Waals surface area contributed by atoms with Gasteiger partial charge in [-0.1, -0.05) is 0 Å². The fourth-order valence-corrected chi connectivity index (χ4v) is 5.17. The van der Waals surface area contributed by atoms with Gasteiger partial charge in [-0.3, -0.25) is 4.79 Å². The number of Topliss-reactive ketones (excluding diaryl/α,β-unsaturated/α-hetero) is 1. The van der Waals surface area contributed by atoms with Crippen LogP contribution in [-0.4, -0.2) is 15.8 Å². The van der Waals surface area contributed by atoms with Crippen molar-refractivity contribution in [3.05, 3.63) is 17.7 Å². The normalized spacial score (nSPS) is 41.3. The Hall–Kier alpha value is -1.12. The SMILES string of the molecule is CC(=O)c1cnc(C23CC4CC(CC(C4)C2)C3)[nH]1. The van der Waals surface area contributed by atoms with E-state index >= 15 is 0 Å². The summed E-state index contributed by atoms with van der Waals surface area (Å²) in [7, 11) is 0. The highest BCUT2D eigenvalue weighted by Crippen LogP contribution is 2.60. The first-order valence-corrected chi connectivity index (χ1v) is 7.21. The number of aromatic amines is 1. The summed E-state index contributed by atoms with van der Waals surface area (Å²) in [6, 6.07) is 0. The molecule has 0 unspecified atom stereocenters. The van der Waals surface area contributed by atoms with Crippen LogP contribution in [0.2, 0.25) is 0 Å². The zero-order chi connectivity index (χ0) is 12.3. The standard InChI is InChI=1S/C15H20N2O/c1-9(18)13-8-16-14(17-13)15-5-10-2-11(6-15)4-12(3-10)7-15/h8,10-12H,2-7H2,1H3,(H,16,17). The Balaban J connectivity index is 1.72. The van der Waals surface area contributed by atoms with Crippen molar-refractivity contribution >= 4 is 5.78 Å². The quantitative estimate of drug-likeness (QED) is 0.813. The van der Waals surface area contributed by atoms with Crippen molar-refractivity contribution in [2.45, 2.75) is 50.9 Å². The summed E-state index contributed by atoms with van der Waals surface area (Å²) in [5, 5.41) is 0. The fraction of sp³-hybridized carbons (Fsp3) is 0.733. The molecule has 1 aromatic heterocycles. The molecule has 0 amide bonds. The number of nitrogens with one attached hydrogen (secondary N) is 1. The van der Waals surface area contributed by atoms with Crippen LogP contribution in [0.1, 0.15) is 61.8 Å². The maximum absolute atomic E-state index is 11.4. The van der Waals surface area contributed by atoms with E-state index in [2.05, 4.69) is 9.97 Å². The first-order chi connectivity index (χ1) is 8.64. The third-order valence-corrected chi connectivity index (χ3v) is 5.50. The highest BCUT2D eigenvalue weighted by molar-refractivity contribution is 5.91. The van der Waals surface area contributed by atoms with E-state index < -0.39 is 0 Å². The first-order valence-electron chi connectivity index (χ1n) is 7.21. The number of nitrogens with zero attached hydrogens (tertiary/aromatic N) is 1. The van der Waals surface area contributed by atoms with Gasteiger partial charge >= 0.3 is 0 Å². The van der Waals surface area contributed by atoms with Gasteiger partial charge in [0, 0.05) is 12.3 Å². The minimum Gasteiger partial charge on any atom is -0.339 e. The lowest BCUT2D eigenvalue weighted by molar-refractivity contribution is -0.00903. The van der Waals surface area contributed by atoms with E-state index in [9.17, 15) is 4.79 Å². The van der Waals surface area contributed by atoms with Crippen molar-refractivity contribution in [2.24, 2.45) is 17.8 Å². The minimum atomic E-state index is 0.0958. The van der Waals surface area contributed by atoms with Crippen LogP contribution in [0.5, 0.6) is 0 Å². The van der Waals surface area contributed by atoms with Gasteiger partial charge in [-0.2, -0.15) is 0 Å². The molecule has 4 aliphatic carbocycles. The smallest absolute Gasteiger partial charge is 0.177 e. The summed E-state index contributed by atoms with van der Waals surface area (Å²) in [4.78, 5) is 19.3. The second kappa shape index (κ2) is 3.46. The molecule has 4 bridgehead atoms. The van der Waals surface area contributed by atoms with Gasteiger partial charge in [0.15, 0.2) is 5.78 Å². The maximum Gasteiger partial charge on any atom is 0.177 e. The topological polar surface area (TPSA) is 45.8 Å². The van der Waals surface area contributed by atoms with Crippen LogP contribution >= 0.6 is 0 Å². The summed E-state index contributed by atoms with van der Waals surface area (Å²) in [5.41, 5.74) is 0.961. The fourth-order valence-electron chi connectivity index (χ4n) is 5.17. The van der Waals surface area contributed by atoms with E-state index in [0.717, 1.165) is 23.6 Å². The number of hydrogen-bond donors (Lipinski definition) is 1. The van der Waals surface area contributed by atoms with Gasteiger partial charge in [-0.15, -0.1) is 0 Å². The lowest BCUT2D eigenvalue weighted by atomic mass is 9.49. The predicted octanol–water partition coefficient (Wildman–Crippen LogP) is 3.08. The number of carbonyl (C=O) groups excluding carboxylic acids is 1. The molecule has 1 N–H and O–H groups in total. The van der Waals surface area contributed by atoms with Crippen molar-refractivity contribution in [1.29, 1.82) is 0 Å². The van der Waals surface area contributed by atoms with Crippen LogP contribution in [0.25, 0.3) is 0 Å². The molecule has 5 rings (SSSR count). The van der Waals surface area contributed by atoms with E-state index in [1.165, 1.54) is 38.5 Å². The Labute approximate surface area is 107 Å². The minimum absolute atomic E-state index is 0.0958. The number of aromatic nitrogens is 2. The Morgan fingerprint density at radius 1 is 1.22 bits per heavy atom. The van der Waals surface area contributed by atoms with Crippen molar-refractivity contribution in [1.82, 2.24) is 9.97 Å². The molecule has 0 atom stereocenters. The van der Waals surface area contributed by atoms with Crippen LogP contribution < -0.4 is 0 Å². The summed E-state index contributed by atoms with van der Waals surface area (Å²) >= 11 is 0. The number of ketones is 1. The summed E-state index contributed by atoms with van der Waals surface area (Å²) in [5.74, 6) is 3.96. The molecule has 0 aromatic carbocycles. The van der Waals surface area contributed by atoms with Crippen molar-refractivity contribution in [3.8, 4) is 0 Å². The molecule has 4 aliphatic rings. The van der Waals surface area contributed by atoms with Gasteiger partial charge in [0.1, 0.15) is 11.5 Å². The van der Waals surface area contributed by atoms with Gasteiger partial charge in [-0.25, -0.2) is 4.98 Å². The summed E-state index contributed by atoms with van der Waals surface area (Å²) < 4.78 is 0. The Morgan fingerprint density at radius 2 is 1.78 bits per heavy atom. The third-order valence-electron chi connectivity index (χ3n) is 5.50. The number of H-pyrrole nitrogens is 1. The second-order valence-corrected chi connectivity index (χ2v) is 6.90. The maximum atomic E-state index is 11.4. The number of hydrogen-bond acceptors (Lipinski definition) is 2. The molecule has 18 heavy (non-hydrogen) atoms. The molecule has 96 valence electrons. The predicted molar refractivity (Wildman–Crippen MR) is 68.4 cm³/mol. The molecule has 1 aromatic rings. The number of carbonyl (C=O) groups is 1. The van der Waals surface area contributed by atoms with Gasteiger partial charge in [0.25, 0.3) is 0 Å². The highest BCUT2D eigenvalue weighted by atomic mass is 16.1. The van der Waals surface area contributed by atoms with Crippen LogP contribution in [-0.2, 0) is 5.41 Å². The zero-order valence-electron chi connectivity index (χ0n) is 10.9. The van der Waals surface area contributed by atoms with Gasteiger partial charge in [0.2, 0.25) is 0 Å². The van der Waals surface area contributed by atoms with Crippen LogP contribution in [0.3, 0.4) is 0 Å². The van der Waals surface area contributed by atoms with E-state index in [0.29, 0.717) is 5.69 Å². The molecular weight excluding hydrogens is 224 g/mol. The molecule has 3 nitrogen and oxygen atoms in total. The molecule has 1 heterocycles. The second-order valence-electron chi connectivity index (χ2n) is 6.90. The molecule has 0 radical (unpaired) electrons. The molecule has 4 saturated carbocycles. The van der Waals surface area contributed by atoms with Crippen LogP contribution in [0, 0.1) is 17.8 Å². The van der Waals surface area contributed by atoms with Gasteiger partial charge in [-0.05, 0) is 56.3 Å². The Kier molecular flexibility index (Phi) is 2.07. The average molecular weight is 244 g/mol. The van der Waals surface area contributed by atoms with E-state index in [1.54, 1.807) is 13.1 Å². The van der Waals surface area contributed by atoms with Crippen molar-refractivity contribution in [3.63, 3.8) is 0 Å². The van der Waals surface area contributed by atoms with E-state index in [1.807, 2.05) is 0 Å². The average Bonchev–Trinajstić information content (AvgIpc) is 2.76. The number of rotatable bonds is 2. The third kappa shape index (κ3) is 1.42. The van der Waals surface area contributed by atoms with Crippen molar-refractivity contribution < 1.29 is 4.79 Å². The zero-order valence-corrected chi connectivity index (χ0v) is 10.9. The summed E-state index contributed by atoms with van der Waals surface area (Å²) in [6.45, 7) is 1.61. The Morgan fingerprint density at radius 3 is 2.22 bits per heavy atom. The monoisotopic (exact) mass is 244 g/mol. The molecule has 0 aliphatic heterocycles. The van der Waals surface area contributed by atoms with Gasteiger partial charge < -0.3 is 4.98 Å².